The summed E-state index contributed by atoms with van der Waals surface area (Å²) in [5.74, 6) is -3.87. The van der Waals surface area contributed by atoms with Crippen LogP contribution in [0.25, 0.3) is 0 Å². The van der Waals surface area contributed by atoms with Crippen molar-refractivity contribution in [1.29, 1.82) is 0 Å². The molecule has 2 saturated heterocycles. The molecule has 0 aromatic carbocycles. The lowest BCUT2D eigenvalue weighted by atomic mass is 9.98. The molecule has 0 spiro atoms. The van der Waals surface area contributed by atoms with Gasteiger partial charge >= 0.3 is 11.7 Å². The summed E-state index contributed by atoms with van der Waals surface area (Å²) >= 11 is 0. The van der Waals surface area contributed by atoms with Crippen LogP contribution >= 0.6 is 0 Å². The minimum absolute atomic E-state index is 0.374. The number of nitrogens with zero attached hydrogens (tertiary/aromatic N) is 1. The maximum absolute atomic E-state index is 14.9. The molecule has 0 bridgehead atoms. The molecule has 2 aliphatic rings. The number of aromatic amines is 1. The second-order valence-corrected chi connectivity index (χ2v) is 6.38. The third kappa shape index (κ3) is 3.56. The van der Waals surface area contributed by atoms with Gasteiger partial charge in [0.15, 0.2) is 12.8 Å². The molecule has 4 N–H and O–H groups in total. The van der Waals surface area contributed by atoms with Gasteiger partial charge in [0.2, 0.25) is 0 Å². The van der Waals surface area contributed by atoms with Gasteiger partial charge in [-0.3, -0.25) is 19.1 Å². The van der Waals surface area contributed by atoms with E-state index < -0.39 is 48.1 Å². The predicted octanol–water partition coefficient (Wildman–Crippen LogP) is -2.00. The number of rotatable bonds is 4. The molecular formula is C15H20FN3O7. The summed E-state index contributed by atoms with van der Waals surface area (Å²) in [5.41, 5.74) is -1.62. The Balaban J connectivity index is 1.70. The number of esters is 1. The fourth-order valence-electron chi connectivity index (χ4n) is 3.06. The smallest absolute Gasteiger partial charge is 0.330 e. The van der Waals surface area contributed by atoms with Gasteiger partial charge in [-0.1, -0.05) is 0 Å². The summed E-state index contributed by atoms with van der Waals surface area (Å²) in [6.45, 7) is 0.369. The number of nitrogens with one attached hydrogen (secondary N) is 2. The number of hydrogen-bond donors (Lipinski definition) is 4. The van der Waals surface area contributed by atoms with E-state index in [2.05, 4.69) is 5.32 Å². The molecule has 2 fully saturated rings. The quantitative estimate of drug-likeness (QED) is 0.444. The van der Waals surface area contributed by atoms with Crippen LogP contribution in [0.15, 0.2) is 21.9 Å². The van der Waals surface area contributed by atoms with Crippen molar-refractivity contribution >= 4 is 5.97 Å². The number of hydrogen-bond acceptors (Lipinski definition) is 8. The minimum Gasteiger partial charge on any atom is -0.459 e. The summed E-state index contributed by atoms with van der Waals surface area (Å²) < 4.78 is 25.6. The zero-order valence-corrected chi connectivity index (χ0v) is 13.8. The van der Waals surface area contributed by atoms with E-state index in [-0.39, 0.29) is 5.92 Å². The van der Waals surface area contributed by atoms with Crippen LogP contribution in [0.1, 0.15) is 19.1 Å². The summed E-state index contributed by atoms with van der Waals surface area (Å²) in [7, 11) is 0. The Labute approximate surface area is 146 Å². The van der Waals surface area contributed by atoms with E-state index in [1.54, 1.807) is 0 Å². The van der Waals surface area contributed by atoms with Gasteiger partial charge in [-0.25, -0.2) is 9.18 Å². The molecule has 0 amide bonds. The zero-order chi connectivity index (χ0) is 18.9. The van der Waals surface area contributed by atoms with Crippen LogP contribution in [-0.2, 0) is 14.3 Å². The van der Waals surface area contributed by atoms with Gasteiger partial charge in [-0.05, 0) is 25.9 Å². The SMILES string of the molecule is O=C(OC[C@@]1(F)O[C@@H](n2ccc(=O)[nH]c2=O)[C@H](O)[C@@H]1O)C1CCNCC1. The summed E-state index contributed by atoms with van der Waals surface area (Å²) in [4.78, 5) is 36.8. The van der Waals surface area contributed by atoms with E-state index >= 15 is 0 Å². The van der Waals surface area contributed by atoms with Crippen molar-refractivity contribution in [3.63, 3.8) is 0 Å². The number of halogens is 1. The third-order valence-electron chi connectivity index (χ3n) is 4.58. The van der Waals surface area contributed by atoms with Crippen LogP contribution in [0.4, 0.5) is 4.39 Å². The molecule has 0 aliphatic carbocycles. The Morgan fingerprint density at radius 3 is 2.73 bits per heavy atom. The number of piperidine rings is 1. The van der Waals surface area contributed by atoms with Crippen molar-refractivity contribution in [2.75, 3.05) is 19.7 Å². The predicted molar refractivity (Wildman–Crippen MR) is 83.9 cm³/mol. The molecule has 3 heterocycles. The monoisotopic (exact) mass is 373 g/mol. The van der Waals surface area contributed by atoms with Gasteiger partial charge in [-0.2, -0.15) is 0 Å². The van der Waals surface area contributed by atoms with Crippen molar-refractivity contribution in [3.05, 3.63) is 33.1 Å². The van der Waals surface area contributed by atoms with Crippen molar-refractivity contribution in [2.45, 2.75) is 37.1 Å². The number of carbonyl (C=O) groups is 1. The lowest BCUT2D eigenvalue weighted by molar-refractivity contribution is -0.218. The van der Waals surface area contributed by atoms with Crippen molar-refractivity contribution in [1.82, 2.24) is 14.9 Å². The highest BCUT2D eigenvalue weighted by atomic mass is 19.2. The highest BCUT2D eigenvalue weighted by Gasteiger charge is 2.57. The number of H-pyrrole nitrogens is 1. The van der Waals surface area contributed by atoms with Gasteiger partial charge < -0.3 is 25.0 Å². The molecule has 2 aliphatic heterocycles. The first-order valence-electron chi connectivity index (χ1n) is 8.23. The molecule has 11 heteroatoms. The molecule has 10 nitrogen and oxygen atoms in total. The number of aliphatic hydroxyl groups is 2. The number of aromatic nitrogens is 2. The van der Waals surface area contributed by atoms with Crippen molar-refractivity contribution in [2.24, 2.45) is 5.92 Å². The van der Waals surface area contributed by atoms with Crippen LogP contribution in [0.2, 0.25) is 0 Å². The summed E-state index contributed by atoms with van der Waals surface area (Å²) in [5, 5.41) is 23.1. The van der Waals surface area contributed by atoms with Gasteiger partial charge in [0.25, 0.3) is 11.4 Å². The fourth-order valence-corrected chi connectivity index (χ4v) is 3.06. The van der Waals surface area contributed by atoms with E-state index in [9.17, 15) is 29.0 Å². The first-order chi connectivity index (χ1) is 12.3. The number of alkyl halides is 1. The number of aliphatic hydroxyl groups excluding tert-OH is 2. The molecule has 0 unspecified atom stereocenters. The van der Waals surface area contributed by atoms with Crippen LogP contribution < -0.4 is 16.6 Å². The summed E-state index contributed by atoms with van der Waals surface area (Å²) in [6.07, 6.45) is -3.32. The van der Waals surface area contributed by atoms with Crippen LogP contribution in [0.3, 0.4) is 0 Å². The van der Waals surface area contributed by atoms with E-state index in [0.717, 1.165) is 16.8 Å². The highest BCUT2D eigenvalue weighted by Crippen LogP contribution is 2.38. The second-order valence-electron chi connectivity index (χ2n) is 6.38. The van der Waals surface area contributed by atoms with Gasteiger partial charge in [0.05, 0.1) is 5.92 Å². The topological polar surface area (TPSA) is 143 Å². The normalized spacial score (nSPS) is 32.5. The molecule has 144 valence electrons. The molecule has 0 saturated carbocycles. The van der Waals surface area contributed by atoms with Gasteiger partial charge in [0, 0.05) is 12.3 Å². The maximum Gasteiger partial charge on any atom is 0.330 e. The first kappa shape index (κ1) is 18.7. The summed E-state index contributed by atoms with van der Waals surface area (Å²) in [6, 6.07) is 0.985. The molecular weight excluding hydrogens is 353 g/mol. The van der Waals surface area contributed by atoms with E-state index in [0.29, 0.717) is 25.9 Å². The zero-order valence-electron chi connectivity index (χ0n) is 13.8. The fraction of sp³-hybridized carbons (Fsp3) is 0.667. The lowest BCUT2D eigenvalue weighted by Gasteiger charge is -2.25. The largest absolute Gasteiger partial charge is 0.459 e. The van der Waals surface area contributed by atoms with Gasteiger partial charge in [0.1, 0.15) is 12.2 Å². The number of carbonyl (C=O) groups excluding carboxylic acids is 1. The molecule has 3 rings (SSSR count). The molecule has 26 heavy (non-hydrogen) atoms. The van der Waals surface area contributed by atoms with Crippen LogP contribution in [0.5, 0.6) is 0 Å². The molecule has 4 atom stereocenters. The Bertz CT molecular complexity index is 775. The first-order valence-corrected chi connectivity index (χ1v) is 8.23. The van der Waals surface area contributed by atoms with E-state index in [1.165, 1.54) is 0 Å². The van der Waals surface area contributed by atoms with Crippen LogP contribution in [0, 0.1) is 5.92 Å². The highest BCUT2D eigenvalue weighted by molar-refractivity contribution is 5.72. The van der Waals surface area contributed by atoms with Crippen molar-refractivity contribution < 1.29 is 28.9 Å². The minimum atomic E-state index is -2.89. The van der Waals surface area contributed by atoms with E-state index in [1.807, 2.05) is 4.98 Å². The standard InChI is InChI=1S/C15H20FN3O7/c16-15(7-25-13(23)8-1-4-17-5-2-8)11(22)10(21)12(26-15)19-6-3-9(20)18-14(19)24/h3,6,8,10-12,17,21-22H,1-2,4-5,7H2,(H,18,20,24)/t10-,11+,12-,15-/m1/s1. The molecule has 1 aromatic rings. The molecule has 0 radical (unpaired) electrons. The second kappa shape index (κ2) is 7.27. The van der Waals surface area contributed by atoms with Crippen LogP contribution in [-0.4, -0.2) is 63.5 Å². The Kier molecular flexibility index (Phi) is 5.23. The Morgan fingerprint density at radius 1 is 1.38 bits per heavy atom. The average molecular weight is 373 g/mol. The third-order valence-corrected chi connectivity index (χ3v) is 4.58. The maximum atomic E-state index is 14.9. The Morgan fingerprint density at radius 2 is 2.08 bits per heavy atom. The Hall–Kier alpha value is -2.08. The average Bonchev–Trinajstić information content (AvgIpc) is 2.85. The lowest BCUT2D eigenvalue weighted by Crippen LogP contribution is -2.44. The number of ether oxygens (including phenoxy) is 2. The van der Waals surface area contributed by atoms with Crippen molar-refractivity contribution in [3.8, 4) is 0 Å². The van der Waals surface area contributed by atoms with Gasteiger partial charge in [-0.15, -0.1) is 0 Å². The molecule has 1 aromatic heterocycles. The van der Waals surface area contributed by atoms with E-state index in [4.69, 9.17) is 9.47 Å².